The van der Waals surface area contributed by atoms with Crippen LogP contribution in [0.25, 0.3) is 0 Å². The van der Waals surface area contributed by atoms with Crippen LogP contribution in [0.2, 0.25) is 0 Å². The molecule has 1 unspecified atom stereocenters. The molecule has 0 aliphatic carbocycles. The minimum absolute atomic E-state index is 0.0413. The predicted octanol–water partition coefficient (Wildman–Crippen LogP) is 1.23. The standard InChI is InChI=1S/C12H14FN3O2/c1-2-4-11(12(17)16-15)18-10-6-3-5-9(13)8(10)7-14/h3,5-6,11H,2,4,15H2,1H3,(H,16,17). The number of benzene rings is 1. The third-order valence-electron chi connectivity index (χ3n) is 2.34. The summed E-state index contributed by atoms with van der Waals surface area (Å²) < 4.78 is 18.7. The lowest BCUT2D eigenvalue weighted by atomic mass is 10.1. The van der Waals surface area contributed by atoms with Crippen LogP contribution in [-0.2, 0) is 4.79 Å². The van der Waals surface area contributed by atoms with Crippen molar-refractivity contribution >= 4 is 5.91 Å². The molecule has 1 rings (SSSR count). The van der Waals surface area contributed by atoms with E-state index in [-0.39, 0.29) is 11.3 Å². The molecule has 1 atom stereocenters. The molecule has 1 aromatic rings. The first-order valence-corrected chi connectivity index (χ1v) is 5.49. The molecule has 0 bridgehead atoms. The molecule has 0 saturated heterocycles. The average molecular weight is 251 g/mol. The molecular formula is C12H14FN3O2. The topological polar surface area (TPSA) is 88.1 Å². The molecule has 6 heteroatoms. The molecule has 0 saturated carbocycles. The van der Waals surface area contributed by atoms with Gasteiger partial charge in [-0.05, 0) is 18.6 Å². The lowest BCUT2D eigenvalue weighted by Crippen LogP contribution is -2.42. The number of amides is 1. The first-order valence-electron chi connectivity index (χ1n) is 5.49. The zero-order valence-corrected chi connectivity index (χ0v) is 9.94. The Morgan fingerprint density at radius 3 is 2.94 bits per heavy atom. The number of nitriles is 1. The Morgan fingerprint density at radius 2 is 2.39 bits per heavy atom. The second-order valence-corrected chi connectivity index (χ2v) is 3.63. The fraction of sp³-hybridized carbons (Fsp3) is 0.333. The zero-order valence-electron chi connectivity index (χ0n) is 9.94. The number of hydrazine groups is 1. The van der Waals surface area contributed by atoms with Crippen molar-refractivity contribution in [3.8, 4) is 11.8 Å². The largest absolute Gasteiger partial charge is 0.479 e. The van der Waals surface area contributed by atoms with Crippen LogP contribution < -0.4 is 16.0 Å². The molecule has 0 aliphatic heterocycles. The Balaban J connectivity index is 2.97. The number of hydrogen-bond donors (Lipinski definition) is 2. The number of nitrogens with one attached hydrogen (secondary N) is 1. The molecule has 3 N–H and O–H groups in total. The summed E-state index contributed by atoms with van der Waals surface area (Å²) in [6, 6.07) is 5.71. The predicted molar refractivity (Wildman–Crippen MR) is 62.8 cm³/mol. The highest BCUT2D eigenvalue weighted by Gasteiger charge is 2.20. The van der Waals surface area contributed by atoms with E-state index in [4.69, 9.17) is 15.8 Å². The molecule has 1 aromatic carbocycles. The minimum Gasteiger partial charge on any atom is -0.479 e. The summed E-state index contributed by atoms with van der Waals surface area (Å²) in [7, 11) is 0. The van der Waals surface area contributed by atoms with Crippen LogP contribution in [0.3, 0.4) is 0 Å². The van der Waals surface area contributed by atoms with Crippen molar-refractivity contribution in [3.63, 3.8) is 0 Å². The summed E-state index contributed by atoms with van der Waals surface area (Å²) in [6.45, 7) is 1.87. The van der Waals surface area contributed by atoms with Gasteiger partial charge in [-0.1, -0.05) is 19.4 Å². The molecule has 0 aromatic heterocycles. The molecule has 18 heavy (non-hydrogen) atoms. The number of rotatable bonds is 5. The quantitative estimate of drug-likeness (QED) is 0.468. The number of hydrogen-bond acceptors (Lipinski definition) is 4. The maximum absolute atomic E-state index is 13.3. The summed E-state index contributed by atoms with van der Waals surface area (Å²) in [5.41, 5.74) is 1.76. The van der Waals surface area contributed by atoms with Crippen molar-refractivity contribution in [2.45, 2.75) is 25.9 Å². The van der Waals surface area contributed by atoms with E-state index in [1.54, 1.807) is 6.07 Å². The Labute approximate surface area is 104 Å². The van der Waals surface area contributed by atoms with Crippen molar-refractivity contribution in [2.24, 2.45) is 5.84 Å². The summed E-state index contributed by atoms with van der Waals surface area (Å²) in [6.07, 6.45) is 0.272. The first kappa shape index (κ1) is 13.9. The van der Waals surface area contributed by atoms with Gasteiger partial charge in [-0.25, -0.2) is 10.2 Å². The number of carbonyl (C=O) groups is 1. The van der Waals surface area contributed by atoms with E-state index >= 15 is 0 Å². The van der Waals surface area contributed by atoms with Crippen molar-refractivity contribution in [3.05, 3.63) is 29.6 Å². The second kappa shape index (κ2) is 6.57. The molecule has 0 heterocycles. The van der Waals surface area contributed by atoms with Gasteiger partial charge in [0.25, 0.3) is 5.91 Å². The highest BCUT2D eigenvalue weighted by molar-refractivity contribution is 5.80. The number of ether oxygens (including phenoxy) is 1. The van der Waals surface area contributed by atoms with Gasteiger partial charge in [0.1, 0.15) is 23.2 Å². The van der Waals surface area contributed by atoms with E-state index in [1.807, 2.05) is 12.3 Å². The molecule has 0 fully saturated rings. The van der Waals surface area contributed by atoms with E-state index in [1.165, 1.54) is 12.1 Å². The van der Waals surface area contributed by atoms with Gasteiger partial charge in [0.05, 0.1) is 0 Å². The molecule has 96 valence electrons. The maximum Gasteiger partial charge on any atom is 0.274 e. The SMILES string of the molecule is CCCC(Oc1cccc(F)c1C#N)C(=O)NN. The van der Waals surface area contributed by atoms with Gasteiger partial charge in [0.15, 0.2) is 6.10 Å². The maximum atomic E-state index is 13.3. The van der Waals surface area contributed by atoms with E-state index in [0.29, 0.717) is 12.8 Å². The summed E-state index contributed by atoms with van der Waals surface area (Å²) in [5.74, 6) is 3.89. The van der Waals surface area contributed by atoms with Crippen LogP contribution in [0.5, 0.6) is 5.75 Å². The molecule has 0 radical (unpaired) electrons. The Kier molecular flexibility index (Phi) is 5.08. The molecular weight excluding hydrogens is 237 g/mol. The summed E-state index contributed by atoms with van der Waals surface area (Å²) in [5, 5.41) is 8.84. The second-order valence-electron chi connectivity index (χ2n) is 3.63. The van der Waals surface area contributed by atoms with Crippen LogP contribution in [0, 0.1) is 17.1 Å². The lowest BCUT2D eigenvalue weighted by Gasteiger charge is -2.17. The van der Waals surface area contributed by atoms with Gasteiger partial charge >= 0.3 is 0 Å². The Bertz CT molecular complexity index is 471. The van der Waals surface area contributed by atoms with E-state index in [0.717, 1.165) is 6.07 Å². The fourth-order valence-electron chi connectivity index (χ4n) is 1.46. The van der Waals surface area contributed by atoms with Crippen LogP contribution in [-0.4, -0.2) is 12.0 Å². The van der Waals surface area contributed by atoms with E-state index in [9.17, 15) is 9.18 Å². The van der Waals surface area contributed by atoms with Gasteiger partial charge in [0.2, 0.25) is 0 Å². The van der Waals surface area contributed by atoms with Gasteiger partial charge in [-0.15, -0.1) is 0 Å². The number of nitrogens with zero attached hydrogens (tertiary/aromatic N) is 1. The molecule has 0 aliphatic rings. The smallest absolute Gasteiger partial charge is 0.274 e. The highest BCUT2D eigenvalue weighted by atomic mass is 19.1. The normalized spacial score (nSPS) is 11.4. The van der Waals surface area contributed by atoms with Gasteiger partial charge in [-0.3, -0.25) is 10.2 Å². The van der Waals surface area contributed by atoms with Gasteiger partial charge < -0.3 is 4.74 Å². The summed E-state index contributed by atoms with van der Waals surface area (Å²) in [4.78, 5) is 11.5. The zero-order chi connectivity index (χ0) is 13.5. The fourth-order valence-corrected chi connectivity index (χ4v) is 1.46. The number of carbonyl (C=O) groups excluding carboxylic acids is 1. The Hall–Kier alpha value is -2.13. The van der Waals surface area contributed by atoms with Crippen molar-refractivity contribution in [2.75, 3.05) is 0 Å². The van der Waals surface area contributed by atoms with Crippen LogP contribution in [0.4, 0.5) is 4.39 Å². The Morgan fingerprint density at radius 1 is 1.67 bits per heavy atom. The minimum atomic E-state index is -0.839. The third-order valence-corrected chi connectivity index (χ3v) is 2.34. The average Bonchev–Trinajstić information content (AvgIpc) is 2.37. The van der Waals surface area contributed by atoms with Crippen molar-refractivity contribution in [1.82, 2.24) is 5.43 Å². The lowest BCUT2D eigenvalue weighted by molar-refractivity contribution is -0.128. The van der Waals surface area contributed by atoms with Gasteiger partial charge in [0, 0.05) is 0 Å². The van der Waals surface area contributed by atoms with E-state index < -0.39 is 17.8 Å². The third kappa shape index (κ3) is 3.18. The van der Waals surface area contributed by atoms with Gasteiger partial charge in [-0.2, -0.15) is 5.26 Å². The highest BCUT2D eigenvalue weighted by Crippen LogP contribution is 2.22. The molecule has 5 nitrogen and oxygen atoms in total. The first-order chi connectivity index (χ1) is 8.63. The van der Waals surface area contributed by atoms with Crippen LogP contribution in [0.15, 0.2) is 18.2 Å². The number of halogens is 1. The molecule has 1 amide bonds. The molecule has 0 spiro atoms. The van der Waals surface area contributed by atoms with Crippen LogP contribution >= 0.6 is 0 Å². The van der Waals surface area contributed by atoms with Crippen LogP contribution in [0.1, 0.15) is 25.3 Å². The van der Waals surface area contributed by atoms with E-state index in [2.05, 4.69) is 0 Å². The summed E-state index contributed by atoms with van der Waals surface area (Å²) >= 11 is 0. The number of nitrogens with two attached hydrogens (primary N) is 1. The van der Waals surface area contributed by atoms with Crippen molar-refractivity contribution in [1.29, 1.82) is 5.26 Å². The monoisotopic (exact) mass is 251 g/mol. The van der Waals surface area contributed by atoms with Crippen molar-refractivity contribution < 1.29 is 13.9 Å².